The maximum absolute atomic E-state index is 13.6. The van der Waals surface area contributed by atoms with Crippen molar-refractivity contribution in [1.82, 2.24) is 20.2 Å². The van der Waals surface area contributed by atoms with Gasteiger partial charge in [-0.3, -0.25) is 14.6 Å². The van der Waals surface area contributed by atoms with Crippen LogP contribution >= 0.6 is 0 Å². The first kappa shape index (κ1) is 27.0. The molecule has 0 aliphatic carbocycles. The van der Waals surface area contributed by atoms with Crippen molar-refractivity contribution in [2.45, 2.75) is 18.4 Å². The molecular formula is C33H32N6O3. The Kier molecular flexibility index (Phi) is 7.55. The predicted octanol–water partition coefficient (Wildman–Crippen LogP) is 4.78. The number of benzene rings is 3. The minimum atomic E-state index is -0.296. The number of carbonyl (C=O) groups is 2. The highest BCUT2D eigenvalue weighted by molar-refractivity contribution is 5.99. The van der Waals surface area contributed by atoms with Crippen LogP contribution in [0.15, 0.2) is 96.2 Å². The molecular weight excluding hydrogens is 528 g/mol. The largest absolute Gasteiger partial charge is 0.457 e. The molecule has 42 heavy (non-hydrogen) atoms. The summed E-state index contributed by atoms with van der Waals surface area (Å²) in [6.07, 6.45) is 4.18. The summed E-state index contributed by atoms with van der Waals surface area (Å²) in [4.78, 5) is 32.8. The average molecular weight is 561 g/mol. The molecule has 1 unspecified atom stereocenters. The number of hydrogen-bond donors (Lipinski definition) is 2. The molecule has 2 amide bonds. The third kappa shape index (κ3) is 5.81. The van der Waals surface area contributed by atoms with Gasteiger partial charge in [-0.2, -0.15) is 5.10 Å². The Morgan fingerprint density at radius 2 is 1.74 bits per heavy atom. The zero-order chi connectivity index (χ0) is 29.1. The molecule has 2 aliphatic rings. The van der Waals surface area contributed by atoms with Gasteiger partial charge in [-0.15, -0.1) is 0 Å². The minimum absolute atomic E-state index is 0.0540. The van der Waals surface area contributed by atoms with Gasteiger partial charge < -0.3 is 20.7 Å². The minimum Gasteiger partial charge on any atom is -0.457 e. The Labute approximate surface area is 244 Å². The third-order valence-electron chi connectivity index (χ3n) is 7.61. The number of carbonyl (C=O) groups excluding carboxylic acids is 2. The summed E-state index contributed by atoms with van der Waals surface area (Å²) in [6, 6.07) is 26.6. The molecule has 2 atom stereocenters. The first-order valence-corrected chi connectivity index (χ1v) is 14.0. The monoisotopic (exact) mass is 560 g/mol. The van der Waals surface area contributed by atoms with Crippen LogP contribution in [0.4, 0.5) is 5.82 Å². The van der Waals surface area contributed by atoms with E-state index in [1.165, 1.54) is 0 Å². The van der Waals surface area contributed by atoms with Gasteiger partial charge in [0, 0.05) is 62.2 Å². The number of anilines is 1. The van der Waals surface area contributed by atoms with E-state index < -0.39 is 0 Å². The number of ether oxygens (including phenoxy) is 1. The van der Waals surface area contributed by atoms with Crippen LogP contribution in [0.2, 0.25) is 0 Å². The highest BCUT2D eigenvalue weighted by Crippen LogP contribution is 2.35. The number of pyridine rings is 1. The lowest BCUT2D eigenvalue weighted by Crippen LogP contribution is -2.38. The molecule has 0 bridgehead atoms. The fourth-order valence-electron chi connectivity index (χ4n) is 5.36. The molecule has 2 aliphatic heterocycles. The van der Waals surface area contributed by atoms with Crippen LogP contribution in [0.3, 0.4) is 0 Å². The van der Waals surface area contributed by atoms with E-state index in [-0.39, 0.29) is 29.6 Å². The number of hydrazone groups is 1. The van der Waals surface area contributed by atoms with Gasteiger partial charge in [0.1, 0.15) is 17.3 Å². The van der Waals surface area contributed by atoms with Crippen molar-refractivity contribution >= 4 is 23.8 Å². The number of nitrogens with one attached hydrogen (secondary N) is 1. The summed E-state index contributed by atoms with van der Waals surface area (Å²) < 4.78 is 6.25. The molecule has 3 N–H and O–H groups in total. The van der Waals surface area contributed by atoms with Crippen molar-refractivity contribution in [1.29, 1.82) is 0 Å². The van der Waals surface area contributed by atoms with E-state index in [4.69, 9.17) is 10.5 Å². The number of para-hydroxylation sites is 1. The molecule has 4 aromatic rings. The van der Waals surface area contributed by atoms with Crippen LogP contribution in [0.1, 0.15) is 38.6 Å². The third-order valence-corrected chi connectivity index (χ3v) is 7.61. The van der Waals surface area contributed by atoms with Gasteiger partial charge in [-0.25, -0.2) is 4.98 Å². The van der Waals surface area contributed by atoms with E-state index in [9.17, 15) is 9.59 Å². The number of hydrogen-bond acceptors (Lipinski definition) is 7. The van der Waals surface area contributed by atoms with Crippen molar-refractivity contribution in [3.05, 3.63) is 108 Å². The lowest BCUT2D eigenvalue weighted by atomic mass is 10.0. The summed E-state index contributed by atoms with van der Waals surface area (Å²) in [5, 5.41) is 9.17. The molecule has 9 heteroatoms. The number of aromatic nitrogens is 1. The van der Waals surface area contributed by atoms with Gasteiger partial charge in [0.05, 0.1) is 5.56 Å². The normalized spacial score (nSPS) is 17.8. The average Bonchev–Trinajstić information content (AvgIpc) is 3.67. The number of amides is 2. The first-order valence-electron chi connectivity index (χ1n) is 14.0. The first-order chi connectivity index (χ1) is 20.4. The molecule has 3 aromatic carbocycles. The second kappa shape index (κ2) is 11.7. The van der Waals surface area contributed by atoms with Crippen molar-refractivity contribution in [2.75, 3.05) is 32.4 Å². The quantitative estimate of drug-likeness (QED) is 0.336. The highest BCUT2D eigenvalue weighted by atomic mass is 16.5. The van der Waals surface area contributed by atoms with Crippen LogP contribution in [0.5, 0.6) is 11.5 Å². The lowest BCUT2D eigenvalue weighted by molar-refractivity contribution is 0.0783. The molecule has 9 nitrogen and oxygen atoms in total. The standard InChI is InChI=1S/C33H32N6O3/c1-38-20-25(19-36-38)24-16-29(31(34)35-18-24)32(40)37-26-14-15-39(21-26)33(41)23-12-13-28(22-8-4-2-5-9-22)30(17-23)42-27-10-6-3-7-11-27/h2-13,16-19,25-26H,14-15,20-21H2,1H3,(H2,34,35)(H,37,40)/t25?,26-/m1/s1. The Bertz CT molecular complexity index is 1630. The summed E-state index contributed by atoms with van der Waals surface area (Å²) in [7, 11) is 1.90. The Morgan fingerprint density at radius 1 is 0.976 bits per heavy atom. The summed E-state index contributed by atoms with van der Waals surface area (Å²) in [5.41, 5.74) is 9.71. The molecule has 1 saturated heterocycles. The van der Waals surface area contributed by atoms with E-state index in [0.29, 0.717) is 42.1 Å². The maximum atomic E-state index is 13.6. The molecule has 212 valence electrons. The molecule has 1 aromatic heterocycles. The van der Waals surface area contributed by atoms with Crippen molar-refractivity contribution in [2.24, 2.45) is 5.10 Å². The number of likely N-dealkylation sites (N-methyl/N-ethyl adjacent to an activating group) is 1. The lowest BCUT2D eigenvalue weighted by Gasteiger charge is -2.19. The number of nitrogens with zero attached hydrogens (tertiary/aromatic N) is 4. The van der Waals surface area contributed by atoms with Gasteiger partial charge >= 0.3 is 0 Å². The number of nitrogen functional groups attached to an aromatic ring is 1. The SMILES string of the molecule is CN1CC(c2cnc(N)c(C(=O)N[C@@H]3CCN(C(=O)c4ccc(-c5ccccc5)c(Oc5ccccc5)c4)C3)c2)C=N1. The number of nitrogens with two attached hydrogens (primary N) is 1. The summed E-state index contributed by atoms with van der Waals surface area (Å²) in [6.45, 7) is 1.64. The molecule has 6 rings (SSSR count). The fraction of sp³-hybridized carbons (Fsp3) is 0.212. The Hall–Kier alpha value is -5.18. The van der Waals surface area contributed by atoms with Gasteiger partial charge in [0.25, 0.3) is 11.8 Å². The second-order valence-electron chi connectivity index (χ2n) is 10.6. The van der Waals surface area contributed by atoms with Crippen molar-refractivity contribution in [3.8, 4) is 22.6 Å². The van der Waals surface area contributed by atoms with Gasteiger partial charge in [0.15, 0.2) is 0 Å². The zero-order valence-corrected chi connectivity index (χ0v) is 23.3. The van der Waals surface area contributed by atoms with Crippen LogP contribution in [0, 0.1) is 0 Å². The van der Waals surface area contributed by atoms with Crippen LogP contribution in [0.25, 0.3) is 11.1 Å². The second-order valence-corrected chi connectivity index (χ2v) is 10.6. The van der Waals surface area contributed by atoms with Gasteiger partial charge in [-0.05, 0) is 53.9 Å². The van der Waals surface area contributed by atoms with Gasteiger partial charge in [0.2, 0.25) is 0 Å². The zero-order valence-electron chi connectivity index (χ0n) is 23.3. The fourth-order valence-corrected chi connectivity index (χ4v) is 5.36. The van der Waals surface area contributed by atoms with Crippen molar-refractivity contribution in [3.63, 3.8) is 0 Å². The van der Waals surface area contributed by atoms with E-state index in [0.717, 1.165) is 23.2 Å². The summed E-state index contributed by atoms with van der Waals surface area (Å²) in [5.74, 6) is 1.11. The maximum Gasteiger partial charge on any atom is 0.255 e. The molecule has 0 radical (unpaired) electrons. The number of rotatable bonds is 7. The molecule has 3 heterocycles. The Morgan fingerprint density at radius 3 is 2.48 bits per heavy atom. The number of likely N-dealkylation sites (tertiary alicyclic amines) is 1. The molecule has 1 fully saturated rings. The van der Waals surface area contributed by atoms with Crippen LogP contribution < -0.4 is 15.8 Å². The van der Waals surface area contributed by atoms with E-state index in [2.05, 4.69) is 15.4 Å². The Balaban J connectivity index is 1.16. The van der Waals surface area contributed by atoms with Crippen molar-refractivity contribution < 1.29 is 14.3 Å². The molecule has 0 spiro atoms. The van der Waals surface area contributed by atoms with E-state index >= 15 is 0 Å². The van der Waals surface area contributed by atoms with E-state index in [1.54, 1.807) is 23.2 Å². The molecule has 0 saturated carbocycles. The topological polar surface area (TPSA) is 113 Å². The smallest absolute Gasteiger partial charge is 0.255 e. The van der Waals surface area contributed by atoms with Crippen LogP contribution in [-0.2, 0) is 0 Å². The predicted molar refractivity (Wildman–Crippen MR) is 163 cm³/mol. The summed E-state index contributed by atoms with van der Waals surface area (Å²) >= 11 is 0. The highest BCUT2D eigenvalue weighted by Gasteiger charge is 2.30. The van der Waals surface area contributed by atoms with Crippen LogP contribution in [-0.4, -0.2) is 65.6 Å². The van der Waals surface area contributed by atoms with Gasteiger partial charge in [-0.1, -0.05) is 48.5 Å². The van der Waals surface area contributed by atoms with E-state index in [1.807, 2.05) is 91.1 Å².